The maximum atomic E-state index is 5.05. The smallest absolute Gasteiger partial charge is 0.0834 e. The minimum Gasteiger partial charge on any atom is -0.356 e. The van der Waals surface area contributed by atoms with Crippen molar-refractivity contribution in [1.29, 1.82) is 0 Å². The summed E-state index contributed by atoms with van der Waals surface area (Å²) >= 11 is 5.05. The van der Waals surface area contributed by atoms with Gasteiger partial charge in [0.2, 0.25) is 0 Å². The van der Waals surface area contributed by atoms with Gasteiger partial charge in [-0.15, -0.1) is 0 Å². The molecular formula is C11H11NS. The third kappa shape index (κ3) is 2.16. The molecule has 1 nitrogen and oxygen atoms in total. The Morgan fingerprint density at radius 3 is 2.62 bits per heavy atom. The van der Waals surface area contributed by atoms with Crippen molar-refractivity contribution in [3.8, 4) is 0 Å². The Labute approximate surface area is 83.5 Å². The Morgan fingerprint density at radius 1 is 1.23 bits per heavy atom. The van der Waals surface area contributed by atoms with Crippen molar-refractivity contribution in [2.45, 2.75) is 12.8 Å². The highest BCUT2D eigenvalue weighted by molar-refractivity contribution is 7.80. The van der Waals surface area contributed by atoms with Gasteiger partial charge in [-0.25, -0.2) is 0 Å². The van der Waals surface area contributed by atoms with Crippen LogP contribution >= 0.6 is 12.2 Å². The van der Waals surface area contributed by atoms with Crippen LogP contribution in [0.25, 0.3) is 0 Å². The number of rotatable bonds is 2. The van der Waals surface area contributed by atoms with Gasteiger partial charge in [0.05, 0.1) is 4.99 Å². The fourth-order valence-corrected chi connectivity index (χ4v) is 1.71. The number of thiocarbonyl (C=S) groups is 1. The van der Waals surface area contributed by atoms with Crippen LogP contribution in [0.2, 0.25) is 0 Å². The van der Waals surface area contributed by atoms with Crippen molar-refractivity contribution in [3.05, 3.63) is 47.7 Å². The molecular weight excluding hydrogens is 178 g/mol. The zero-order valence-corrected chi connectivity index (χ0v) is 8.10. The molecule has 1 aliphatic heterocycles. The van der Waals surface area contributed by atoms with E-state index in [-0.39, 0.29) is 0 Å². The molecule has 2 rings (SSSR count). The fourth-order valence-electron chi connectivity index (χ4n) is 1.46. The molecule has 0 spiro atoms. The normalized spacial score (nSPS) is 15.4. The molecule has 0 saturated heterocycles. The van der Waals surface area contributed by atoms with Crippen LogP contribution in [-0.4, -0.2) is 4.99 Å². The number of nitrogens with one attached hydrogen (secondary N) is 1. The van der Waals surface area contributed by atoms with Crippen molar-refractivity contribution < 1.29 is 0 Å². The van der Waals surface area contributed by atoms with Crippen LogP contribution < -0.4 is 5.32 Å². The molecule has 13 heavy (non-hydrogen) atoms. The molecule has 0 aromatic heterocycles. The first kappa shape index (κ1) is 8.45. The van der Waals surface area contributed by atoms with Gasteiger partial charge in [-0.05, 0) is 17.6 Å². The van der Waals surface area contributed by atoms with Gasteiger partial charge in [-0.3, -0.25) is 0 Å². The first-order valence-corrected chi connectivity index (χ1v) is 4.76. The first-order valence-electron chi connectivity index (χ1n) is 4.36. The van der Waals surface area contributed by atoms with Gasteiger partial charge in [-0.2, -0.15) is 0 Å². The van der Waals surface area contributed by atoms with Gasteiger partial charge in [0.1, 0.15) is 0 Å². The molecule has 0 atom stereocenters. The molecule has 0 bridgehead atoms. The second-order valence-electron chi connectivity index (χ2n) is 3.21. The molecule has 1 aliphatic rings. The SMILES string of the molecule is S=C1CC(Cc2ccccc2)=CN1. The van der Waals surface area contributed by atoms with Gasteiger partial charge >= 0.3 is 0 Å². The molecule has 2 heteroatoms. The highest BCUT2D eigenvalue weighted by Gasteiger charge is 2.08. The van der Waals surface area contributed by atoms with E-state index in [9.17, 15) is 0 Å². The average molecular weight is 189 g/mol. The second-order valence-corrected chi connectivity index (χ2v) is 3.70. The summed E-state index contributed by atoms with van der Waals surface area (Å²) in [5, 5.41) is 3.06. The standard InChI is InChI=1S/C11H11NS/c13-11-7-10(8-12-11)6-9-4-2-1-3-5-9/h1-5,8H,6-7H2,(H,12,13). The molecule has 1 aromatic carbocycles. The molecule has 0 radical (unpaired) electrons. The summed E-state index contributed by atoms with van der Waals surface area (Å²) in [5.74, 6) is 0. The average Bonchev–Trinajstić information content (AvgIpc) is 2.53. The Bertz CT molecular complexity index is 340. The number of benzene rings is 1. The molecule has 66 valence electrons. The Hall–Kier alpha value is -1.15. The molecule has 0 amide bonds. The van der Waals surface area contributed by atoms with E-state index in [1.54, 1.807) is 0 Å². The van der Waals surface area contributed by atoms with Gasteiger partial charge < -0.3 is 5.32 Å². The van der Waals surface area contributed by atoms with Crippen molar-refractivity contribution in [3.63, 3.8) is 0 Å². The van der Waals surface area contributed by atoms with Crippen LogP contribution in [0.1, 0.15) is 12.0 Å². The minimum atomic E-state index is 0.921. The summed E-state index contributed by atoms with van der Waals surface area (Å²) in [5.41, 5.74) is 2.72. The van der Waals surface area contributed by atoms with E-state index < -0.39 is 0 Å². The number of hydrogen-bond acceptors (Lipinski definition) is 1. The second kappa shape index (κ2) is 3.71. The van der Waals surface area contributed by atoms with Gasteiger partial charge in [0, 0.05) is 12.6 Å². The van der Waals surface area contributed by atoms with Crippen LogP contribution in [0.15, 0.2) is 42.1 Å². The molecule has 1 N–H and O–H groups in total. The summed E-state index contributed by atoms with van der Waals surface area (Å²) in [6.45, 7) is 0. The molecule has 0 unspecified atom stereocenters. The zero-order chi connectivity index (χ0) is 9.10. The molecule has 0 aliphatic carbocycles. The maximum absolute atomic E-state index is 5.05. The first-order chi connectivity index (χ1) is 6.34. The molecule has 1 aromatic rings. The third-order valence-corrected chi connectivity index (χ3v) is 2.36. The van der Waals surface area contributed by atoms with Gasteiger partial charge in [-0.1, -0.05) is 42.5 Å². The number of hydrogen-bond donors (Lipinski definition) is 1. The zero-order valence-electron chi connectivity index (χ0n) is 7.29. The highest BCUT2D eigenvalue weighted by Crippen LogP contribution is 2.14. The fraction of sp³-hybridized carbons (Fsp3) is 0.182. The summed E-state index contributed by atoms with van der Waals surface area (Å²) in [6.07, 6.45) is 3.95. The van der Waals surface area contributed by atoms with Crippen LogP contribution in [0.3, 0.4) is 0 Å². The van der Waals surface area contributed by atoms with E-state index >= 15 is 0 Å². The van der Waals surface area contributed by atoms with E-state index in [1.165, 1.54) is 11.1 Å². The molecule has 1 heterocycles. The van der Waals surface area contributed by atoms with E-state index in [4.69, 9.17) is 12.2 Å². The lowest BCUT2D eigenvalue weighted by molar-refractivity contribution is 1.11. The van der Waals surface area contributed by atoms with Crippen LogP contribution in [0.4, 0.5) is 0 Å². The highest BCUT2D eigenvalue weighted by atomic mass is 32.1. The maximum Gasteiger partial charge on any atom is 0.0834 e. The Kier molecular flexibility index (Phi) is 2.41. The Morgan fingerprint density at radius 2 is 2.00 bits per heavy atom. The quantitative estimate of drug-likeness (QED) is 0.717. The summed E-state index contributed by atoms with van der Waals surface area (Å²) in [7, 11) is 0. The van der Waals surface area contributed by atoms with Crippen LogP contribution in [-0.2, 0) is 6.42 Å². The summed E-state index contributed by atoms with van der Waals surface area (Å²) in [6, 6.07) is 10.5. The summed E-state index contributed by atoms with van der Waals surface area (Å²) < 4.78 is 0. The molecule has 0 fully saturated rings. The van der Waals surface area contributed by atoms with E-state index in [1.807, 2.05) is 12.3 Å². The monoisotopic (exact) mass is 189 g/mol. The lowest BCUT2D eigenvalue weighted by Crippen LogP contribution is -2.05. The van der Waals surface area contributed by atoms with Gasteiger partial charge in [0.25, 0.3) is 0 Å². The van der Waals surface area contributed by atoms with Crippen LogP contribution in [0.5, 0.6) is 0 Å². The minimum absolute atomic E-state index is 0.921. The predicted octanol–water partition coefficient (Wildman–Crippen LogP) is 2.43. The van der Waals surface area contributed by atoms with E-state index in [2.05, 4.69) is 29.6 Å². The third-order valence-electron chi connectivity index (χ3n) is 2.10. The van der Waals surface area contributed by atoms with Crippen molar-refractivity contribution >= 4 is 17.2 Å². The Balaban J connectivity index is 2.04. The predicted molar refractivity (Wildman–Crippen MR) is 58.6 cm³/mol. The van der Waals surface area contributed by atoms with Crippen LogP contribution in [0, 0.1) is 0 Å². The van der Waals surface area contributed by atoms with Crippen molar-refractivity contribution in [2.24, 2.45) is 0 Å². The topological polar surface area (TPSA) is 12.0 Å². The lowest BCUT2D eigenvalue weighted by atomic mass is 10.1. The largest absolute Gasteiger partial charge is 0.356 e. The lowest BCUT2D eigenvalue weighted by Gasteiger charge is -1.99. The van der Waals surface area contributed by atoms with Gasteiger partial charge in [0.15, 0.2) is 0 Å². The van der Waals surface area contributed by atoms with Crippen molar-refractivity contribution in [1.82, 2.24) is 5.32 Å². The van der Waals surface area contributed by atoms with E-state index in [0.29, 0.717) is 0 Å². The summed E-state index contributed by atoms with van der Waals surface area (Å²) in [4.78, 5) is 0.936. The van der Waals surface area contributed by atoms with E-state index in [0.717, 1.165) is 17.8 Å². The molecule has 0 saturated carbocycles. The van der Waals surface area contributed by atoms with Crippen molar-refractivity contribution in [2.75, 3.05) is 0 Å².